The van der Waals surface area contributed by atoms with E-state index in [4.69, 9.17) is 11.6 Å². The number of nitrogens with one attached hydrogen (secondary N) is 1. The number of benzene rings is 1. The van der Waals surface area contributed by atoms with E-state index in [0.29, 0.717) is 17.1 Å². The van der Waals surface area contributed by atoms with Gasteiger partial charge in [-0.05, 0) is 25.0 Å². The van der Waals surface area contributed by atoms with Crippen molar-refractivity contribution in [2.24, 2.45) is 0 Å². The SMILES string of the molecule is OCC1(NCc2c(F)cccc2Cl)CCCC1. The lowest BCUT2D eigenvalue weighted by Gasteiger charge is -2.28. The van der Waals surface area contributed by atoms with Crippen molar-refractivity contribution in [2.75, 3.05) is 6.61 Å². The van der Waals surface area contributed by atoms with E-state index in [1.807, 2.05) is 0 Å². The fraction of sp³-hybridized carbons (Fsp3) is 0.538. The molecule has 94 valence electrons. The molecule has 0 radical (unpaired) electrons. The molecule has 0 atom stereocenters. The second-order valence-corrected chi connectivity index (χ2v) is 5.11. The molecule has 0 aliphatic heterocycles. The van der Waals surface area contributed by atoms with Gasteiger partial charge >= 0.3 is 0 Å². The van der Waals surface area contributed by atoms with Crippen LogP contribution in [-0.4, -0.2) is 17.3 Å². The van der Waals surface area contributed by atoms with E-state index < -0.39 is 0 Å². The Labute approximate surface area is 106 Å². The van der Waals surface area contributed by atoms with Crippen LogP contribution in [0.3, 0.4) is 0 Å². The highest BCUT2D eigenvalue weighted by Gasteiger charge is 2.32. The second kappa shape index (κ2) is 5.34. The summed E-state index contributed by atoms with van der Waals surface area (Å²) >= 11 is 5.96. The molecule has 0 bridgehead atoms. The van der Waals surface area contributed by atoms with Crippen LogP contribution in [0.2, 0.25) is 5.02 Å². The molecule has 0 spiro atoms. The number of halogens is 2. The van der Waals surface area contributed by atoms with Crippen molar-refractivity contribution in [3.05, 3.63) is 34.6 Å². The Hall–Kier alpha value is -0.640. The molecule has 2 rings (SSSR count). The Morgan fingerprint density at radius 1 is 1.35 bits per heavy atom. The minimum atomic E-state index is -0.295. The van der Waals surface area contributed by atoms with Gasteiger partial charge in [0.1, 0.15) is 5.82 Å². The van der Waals surface area contributed by atoms with E-state index >= 15 is 0 Å². The summed E-state index contributed by atoms with van der Waals surface area (Å²) in [4.78, 5) is 0. The lowest BCUT2D eigenvalue weighted by Crippen LogP contribution is -2.45. The smallest absolute Gasteiger partial charge is 0.129 e. The quantitative estimate of drug-likeness (QED) is 0.869. The number of hydrogen-bond donors (Lipinski definition) is 2. The first kappa shape index (κ1) is 12.8. The lowest BCUT2D eigenvalue weighted by molar-refractivity contribution is 0.162. The van der Waals surface area contributed by atoms with Gasteiger partial charge in [0.25, 0.3) is 0 Å². The average Bonchev–Trinajstić information content (AvgIpc) is 2.78. The summed E-state index contributed by atoms with van der Waals surface area (Å²) in [5, 5.41) is 13.1. The molecule has 17 heavy (non-hydrogen) atoms. The molecule has 1 aliphatic carbocycles. The van der Waals surface area contributed by atoms with Crippen molar-refractivity contribution in [1.29, 1.82) is 0 Å². The minimum Gasteiger partial charge on any atom is -0.394 e. The van der Waals surface area contributed by atoms with E-state index in [0.717, 1.165) is 25.7 Å². The summed E-state index contributed by atoms with van der Waals surface area (Å²) < 4.78 is 13.6. The van der Waals surface area contributed by atoms with Gasteiger partial charge in [0.05, 0.1) is 6.61 Å². The molecule has 1 aromatic carbocycles. The van der Waals surface area contributed by atoms with E-state index in [-0.39, 0.29) is 18.0 Å². The van der Waals surface area contributed by atoms with Crippen molar-refractivity contribution in [3.8, 4) is 0 Å². The highest BCUT2D eigenvalue weighted by Crippen LogP contribution is 2.30. The molecule has 0 saturated heterocycles. The predicted molar refractivity (Wildman–Crippen MR) is 66.5 cm³/mol. The highest BCUT2D eigenvalue weighted by molar-refractivity contribution is 6.31. The van der Waals surface area contributed by atoms with E-state index in [9.17, 15) is 9.50 Å². The summed E-state index contributed by atoms with van der Waals surface area (Å²) in [5.74, 6) is -0.295. The fourth-order valence-corrected chi connectivity index (χ4v) is 2.65. The van der Waals surface area contributed by atoms with Crippen LogP contribution in [0.5, 0.6) is 0 Å². The first-order valence-corrected chi connectivity index (χ1v) is 6.33. The number of rotatable bonds is 4. The average molecular weight is 258 g/mol. The highest BCUT2D eigenvalue weighted by atomic mass is 35.5. The summed E-state index contributed by atoms with van der Waals surface area (Å²) in [7, 11) is 0. The van der Waals surface area contributed by atoms with Gasteiger partial charge in [-0.15, -0.1) is 0 Å². The van der Waals surface area contributed by atoms with Crippen molar-refractivity contribution in [2.45, 2.75) is 37.8 Å². The molecular weight excluding hydrogens is 241 g/mol. The molecule has 0 heterocycles. The third-order valence-corrected chi connectivity index (χ3v) is 3.92. The Morgan fingerprint density at radius 3 is 2.65 bits per heavy atom. The van der Waals surface area contributed by atoms with Gasteiger partial charge < -0.3 is 10.4 Å². The molecule has 2 nitrogen and oxygen atoms in total. The summed E-state index contributed by atoms with van der Waals surface area (Å²) in [6.07, 6.45) is 4.10. The van der Waals surface area contributed by atoms with Gasteiger partial charge in [-0.2, -0.15) is 0 Å². The molecule has 0 amide bonds. The normalized spacial score (nSPS) is 18.5. The molecule has 2 N–H and O–H groups in total. The molecule has 0 aromatic heterocycles. The van der Waals surface area contributed by atoms with Gasteiger partial charge in [-0.1, -0.05) is 30.5 Å². The van der Waals surface area contributed by atoms with Crippen molar-refractivity contribution < 1.29 is 9.50 Å². The summed E-state index contributed by atoms with van der Waals surface area (Å²) in [6, 6.07) is 4.68. The molecule has 1 aromatic rings. The monoisotopic (exact) mass is 257 g/mol. The van der Waals surface area contributed by atoms with E-state index in [1.165, 1.54) is 6.07 Å². The fourth-order valence-electron chi connectivity index (χ4n) is 2.42. The molecule has 4 heteroatoms. The number of aliphatic hydroxyl groups excluding tert-OH is 1. The van der Waals surface area contributed by atoms with Crippen molar-refractivity contribution in [1.82, 2.24) is 5.32 Å². The molecular formula is C13H17ClFNO. The predicted octanol–water partition coefficient (Wildman–Crippen LogP) is 2.87. The van der Waals surface area contributed by atoms with Gasteiger partial charge in [-0.25, -0.2) is 4.39 Å². The molecule has 1 fully saturated rings. The largest absolute Gasteiger partial charge is 0.394 e. The lowest BCUT2D eigenvalue weighted by atomic mass is 9.98. The molecule has 1 saturated carbocycles. The summed E-state index contributed by atoms with van der Waals surface area (Å²) in [6.45, 7) is 0.463. The summed E-state index contributed by atoms with van der Waals surface area (Å²) in [5.41, 5.74) is 0.236. The van der Waals surface area contributed by atoms with Gasteiger partial charge in [-0.3, -0.25) is 0 Å². The maximum absolute atomic E-state index is 13.6. The Bertz CT molecular complexity index is 371. The van der Waals surface area contributed by atoms with Crippen LogP contribution in [0, 0.1) is 5.82 Å². The second-order valence-electron chi connectivity index (χ2n) is 4.70. The molecule has 0 unspecified atom stereocenters. The number of aliphatic hydroxyl groups is 1. The zero-order valence-electron chi connectivity index (χ0n) is 9.68. The molecule has 1 aliphatic rings. The first-order chi connectivity index (χ1) is 8.17. The topological polar surface area (TPSA) is 32.3 Å². The Morgan fingerprint density at radius 2 is 2.06 bits per heavy atom. The van der Waals surface area contributed by atoms with Crippen LogP contribution in [0.1, 0.15) is 31.2 Å². The number of hydrogen-bond acceptors (Lipinski definition) is 2. The minimum absolute atomic E-state index is 0.0963. The van der Waals surface area contributed by atoms with Crippen LogP contribution in [0.4, 0.5) is 4.39 Å². The van der Waals surface area contributed by atoms with Crippen molar-refractivity contribution >= 4 is 11.6 Å². The zero-order chi connectivity index (χ0) is 12.3. The van der Waals surface area contributed by atoms with Crippen LogP contribution in [0.25, 0.3) is 0 Å². The van der Waals surface area contributed by atoms with Gasteiger partial charge in [0, 0.05) is 22.7 Å². The third-order valence-electron chi connectivity index (χ3n) is 3.57. The zero-order valence-corrected chi connectivity index (χ0v) is 10.4. The van der Waals surface area contributed by atoms with Crippen LogP contribution in [0.15, 0.2) is 18.2 Å². The van der Waals surface area contributed by atoms with Crippen LogP contribution < -0.4 is 5.32 Å². The Kier molecular flexibility index (Phi) is 4.02. The maximum atomic E-state index is 13.6. The van der Waals surface area contributed by atoms with Gasteiger partial charge in [0.15, 0.2) is 0 Å². The third kappa shape index (κ3) is 2.79. The van der Waals surface area contributed by atoms with Crippen molar-refractivity contribution in [3.63, 3.8) is 0 Å². The maximum Gasteiger partial charge on any atom is 0.129 e. The Balaban J connectivity index is 2.06. The van der Waals surface area contributed by atoms with Crippen LogP contribution in [-0.2, 0) is 6.54 Å². The first-order valence-electron chi connectivity index (χ1n) is 5.96. The standard InChI is InChI=1S/C13H17ClFNO/c14-11-4-3-5-12(15)10(11)8-16-13(9-17)6-1-2-7-13/h3-5,16-17H,1-2,6-9H2. The van der Waals surface area contributed by atoms with Crippen LogP contribution >= 0.6 is 11.6 Å². The van der Waals surface area contributed by atoms with Gasteiger partial charge in [0.2, 0.25) is 0 Å². The van der Waals surface area contributed by atoms with E-state index in [1.54, 1.807) is 12.1 Å². The van der Waals surface area contributed by atoms with E-state index in [2.05, 4.69) is 5.32 Å².